The maximum Gasteiger partial charge on any atom is 0.323 e. The molecule has 21 heavy (non-hydrogen) atoms. The summed E-state index contributed by atoms with van der Waals surface area (Å²) >= 11 is 0. The van der Waals surface area contributed by atoms with E-state index in [0.717, 1.165) is 19.3 Å². The maximum absolute atomic E-state index is 12.1. The Labute approximate surface area is 124 Å². The van der Waals surface area contributed by atoms with Gasteiger partial charge in [-0.05, 0) is 43.4 Å². The van der Waals surface area contributed by atoms with Gasteiger partial charge in [-0.3, -0.25) is 4.79 Å². The first-order chi connectivity index (χ1) is 9.79. The highest BCUT2D eigenvalue weighted by molar-refractivity contribution is 5.76. The second kappa shape index (κ2) is 5.93. The van der Waals surface area contributed by atoms with Crippen molar-refractivity contribution in [1.82, 2.24) is 0 Å². The van der Waals surface area contributed by atoms with Crippen LogP contribution < -0.4 is 5.73 Å². The minimum absolute atomic E-state index is 0.00614. The zero-order valence-electron chi connectivity index (χ0n) is 12.5. The van der Waals surface area contributed by atoms with Crippen LogP contribution in [0.5, 0.6) is 11.5 Å². The van der Waals surface area contributed by atoms with Crippen molar-refractivity contribution in [2.45, 2.75) is 51.7 Å². The van der Waals surface area contributed by atoms with E-state index in [1.54, 1.807) is 6.07 Å². The zero-order chi connectivity index (χ0) is 15.6. The predicted octanol–water partition coefficient (Wildman–Crippen LogP) is 2.09. The number of carbonyl (C=O) groups is 1. The highest BCUT2D eigenvalue weighted by atomic mass is 16.5. The van der Waals surface area contributed by atoms with Crippen LogP contribution in [0.4, 0.5) is 0 Å². The van der Waals surface area contributed by atoms with E-state index in [0.29, 0.717) is 5.56 Å². The molecule has 2 unspecified atom stereocenters. The smallest absolute Gasteiger partial charge is 0.323 e. The molecule has 1 aromatic carbocycles. The van der Waals surface area contributed by atoms with Gasteiger partial charge in [-0.25, -0.2) is 0 Å². The summed E-state index contributed by atoms with van der Waals surface area (Å²) in [6.07, 6.45) is 3.17. The molecular weight excluding hydrogens is 270 g/mol. The molecule has 1 aromatic rings. The first kappa shape index (κ1) is 15.6. The SMILES string of the molecule is CC1(C)CCCC1OC(=O)C(N)Cc1ccc(O)c(O)c1. The van der Waals surface area contributed by atoms with Crippen LogP contribution in [0.1, 0.15) is 38.7 Å². The Morgan fingerprint density at radius 2 is 2.14 bits per heavy atom. The fourth-order valence-corrected chi connectivity index (χ4v) is 2.77. The van der Waals surface area contributed by atoms with E-state index in [4.69, 9.17) is 10.5 Å². The molecule has 4 N–H and O–H groups in total. The summed E-state index contributed by atoms with van der Waals surface area (Å²) in [5, 5.41) is 18.7. The normalized spacial score (nSPS) is 22.0. The number of hydrogen-bond acceptors (Lipinski definition) is 5. The molecule has 0 heterocycles. The number of phenols is 2. The second-order valence-electron chi connectivity index (χ2n) is 6.44. The molecule has 1 fully saturated rings. The number of ether oxygens (including phenoxy) is 1. The summed E-state index contributed by atoms with van der Waals surface area (Å²) in [7, 11) is 0. The Morgan fingerprint density at radius 3 is 2.71 bits per heavy atom. The van der Waals surface area contributed by atoms with Crippen molar-refractivity contribution in [2.75, 3.05) is 0 Å². The lowest BCUT2D eigenvalue weighted by Crippen LogP contribution is -2.39. The van der Waals surface area contributed by atoms with Crippen molar-refractivity contribution >= 4 is 5.97 Å². The van der Waals surface area contributed by atoms with Crippen molar-refractivity contribution in [3.05, 3.63) is 23.8 Å². The molecule has 0 aliphatic heterocycles. The van der Waals surface area contributed by atoms with E-state index in [-0.39, 0.29) is 29.4 Å². The standard InChI is InChI=1S/C16H23NO4/c1-16(2)7-3-4-14(16)21-15(20)11(17)8-10-5-6-12(18)13(19)9-10/h5-6,9,11,14,18-19H,3-4,7-8,17H2,1-2H3. The van der Waals surface area contributed by atoms with E-state index >= 15 is 0 Å². The van der Waals surface area contributed by atoms with Gasteiger partial charge in [-0.15, -0.1) is 0 Å². The van der Waals surface area contributed by atoms with Gasteiger partial charge in [0.05, 0.1) is 0 Å². The van der Waals surface area contributed by atoms with E-state index < -0.39 is 12.0 Å². The quantitative estimate of drug-likeness (QED) is 0.584. The number of esters is 1. The fourth-order valence-electron chi connectivity index (χ4n) is 2.77. The van der Waals surface area contributed by atoms with Gasteiger partial charge in [-0.2, -0.15) is 0 Å². The molecule has 5 heteroatoms. The molecule has 0 saturated heterocycles. The zero-order valence-corrected chi connectivity index (χ0v) is 12.5. The lowest BCUT2D eigenvalue weighted by Gasteiger charge is -2.27. The molecule has 1 aliphatic rings. The van der Waals surface area contributed by atoms with Gasteiger partial charge in [0.15, 0.2) is 11.5 Å². The average molecular weight is 293 g/mol. The van der Waals surface area contributed by atoms with Crippen LogP contribution in [0.15, 0.2) is 18.2 Å². The van der Waals surface area contributed by atoms with Crippen LogP contribution in [-0.2, 0) is 16.0 Å². The van der Waals surface area contributed by atoms with Gasteiger partial charge in [-0.1, -0.05) is 19.9 Å². The van der Waals surface area contributed by atoms with Gasteiger partial charge < -0.3 is 20.7 Å². The second-order valence-corrected chi connectivity index (χ2v) is 6.44. The highest BCUT2D eigenvalue weighted by Crippen LogP contribution is 2.39. The summed E-state index contributed by atoms with van der Waals surface area (Å²) in [6.45, 7) is 4.20. The monoisotopic (exact) mass is 293 g/mol. The third-order valence-electron chi connectivity index (χ3n) is 4.22. The van der Waals surface area contributed by atoms with Crippen molar-refractivity contribution < 1.29 is 19.7 Å². The number of hydrogen-bond donors (Lipinski definition) is 3. The molecule has 0 bridgehead atoms. The minimum atomic E-state index is -0.773. The van der Waals surface area contributed by atoms with Crippen LogP contribution in [0, 0.1) is 5.41 Å². The third kappa shape index (κ3) is 3.67. The van der Waals surface area contributed by atoms with Crippen molar-refractivity contribution in [3.63, 3.8) is 0 Å². The first-order valence-electron chi connectivity index (χ1n) is 7.26. The molecule has 0 amide bonds. The summed E-state index contributed by atoms with van der Waals surface area (Å²) < 4.78 is 5.54. The Hall–Kier alpha value is -1.75. The van der Waals surface area contributed by atoms with E-state index in [1.807, 2.05) is 0 Å². The number of nitrogens with two attached hydrogens (primary N) is 1. The van der Waals surface area contributed by atoms with Crippen molar-refractivity contribution in [1.29, 1.82) is 0 Å². The average Bonchev–Trinajstić information content (AvgIpc) is 2.73. The van der Waals surface area contributed by atoms with E-state index in [2.05, 4.69) is 13.8 Å². The van der Waals surface area contributed by atoms with E-state index in [1.165, 1.54) is 12.1 Å². The maximum atomic E-state index is 12.1. The van der Waals surface area contributed by atoms with Crippen molar-refractivity contribution in [3.8, 4) is 11.5 Å². The molecule has 1 aliphatic carbocycles. The Balaban J connectivity index is 1.95. The molecule has 116 valence electrons. The Kier molecular flexibility index (Phi) is 4.42. The lowest BCUT2D eigenvalue weighted by atomic mass is 9.89. The van der Waals surface area contributed by atoms with Crippen LogP contribution in [0.25, 0.3) is 0 Å². The number of rotatable bonds is 4. The van der Waals surface area contributed by atoms with Crippen LogP contribution >= 0.6 is 0 Å². The largest absolute Gasteiger partial charge is 0.504 e. The molecular formula is C16H23NO4. The van der Waals surface area contributed by atoms with Gasteiger partial charge >= 0.3 is 5.97 Å². The van der Waals surface area contributed by atoms with Crippen LogP contribution in [0.3, 0.4) is 0 Å². The Morgan fingerprint density at radius 1 is 1.43 bits per heavy atom. The summed E-state index contributed by atoms with van der Waals surface area (Å²) in [5.74, 6) is -0.824. The highest BCUT2D eigenvalue weighted by Gasteiger charge is 2.38. The number of carbonyl (C=O) groups excluding carboxylic acids is 1. The molecule has 5 nitrogen and oxygen atoms in total. The lowest BCUT2D eigenvalue weighted by molar-refractivity contribution is -0.155. The van der Waals surface area contributed by atoms with Crippen LogP contribution in [-0.4, -0.2) is 28.3 Å². The topological polar surface area (TPSA) is 92.8 Å². The molecule has 2 atom stereocenters. The number of phenolic OH excluding ortho intramolecular Hbond substituents is 2. The van der Waals surface area contributed by atoms with Crippen molar-refractivity contribution in [2.24, 2.45) is 11.1 Å². The summed E-state index contributed by atoms with van der Waals surface area (Å²) in [6, 6.07) is 3.64. The van der Waals surface area contributed by atoms with Crippen LogP contribution in [0.2, 0.25) is 0 Å². The number of benzene rings is 1. The van der Waals surface area contributed by atoms with Gasteiger partial charge in [0, 0.05) is 5.41 Å². The molecule has 0 spiro atoms. The first-order valence-corrected chi connectivity index (χ1v) is 7.26. The van der Waals surface area contributed by atoms with E-state index in [9.17, 15) is 15.0 Å². The predicted molar refractivity (Wildman–Crippen MR) is 79.0 cm³/mol. The molecule has 0 radical (unpaired) electrons. The minimum Gasteiger partial charge on any atom is -0.504 e. The molecule has 2 rings (SSSR count). The Bertz CT molecular complexity index is 527. The molecule has 1 saturated carbocycles. The van der Waals surface area contributed by atoms with Gasteiger partial charge in [0.25, 0.3) is 0 Å². The number of aromatic hydroxyl groups is 2. The van der Waals surface area contributed by atoms with Gasteiger partial charge in [0.1, 0.15) is 12.1 Å². The third-order valence-corrected chi connectivity index (χ3v) is 4.22. The summed E-state index contributed by atoms with van der Waals surface area (Å²) in [5.41, 5.74) is 6.57. The van der Waals surface area contributed by atoms with Gasteiger partial charge in [0.2, 0.25) is 0 Å². The molecule has 0 aromatic heterocycles. The fraction of sp³-hybridized carbons (Fsp3) is 0.562. The summed E-state index contributed by atoms with van der Waals surface area (Å²) in [4.78, 5) is 12.1.